The average Bonchev–Trinajstić information content (AvgIpc) is 3.39. The number of methoxy groups -OCH3 is 1. The number of hydrogen-bond donors (Lipinski definition) is 3. The third kappa shape index (κ3) is 8.91. The van der Waals surface area contributed by atoms with Crippen molar-refractivity contribution in [1.29, 1.82) is 0 Å². The summed E-state index contributed by atoms with van der Waals surface area (Å²) in [6, 6.07) is 11.1. The summed E-state index contributed by atoms with van der Waals surface area (Å²) in [6.45, 7) is 4.41. The second-order valence-corrected chi connectivity index (χ2v) is 15.5. The molecule has 3 N–H and O–H groups in total. The molecule has 0 aromatic heterocycles. The fourth-order valence-corrected chi connectivity index (χ4v) is 8.22. The third-order valence-corrected chi connectivity index (χ3v) is 11.5. The highest BCUT2D eigenvalue weighted by molar-refractivity contribution is 7.89. The maximum absolute atomic E-state index is 13.2. The molecule has 2 fully saturated rings. The molecular weight excluding hydrogens is 608 g/mol. The van der Waals surface area contributed by atoms with E-state index in [9.17, 15) is 21.9 Å². The fraction of sp³-hybridized carbons (Fsp3) is 0.600. The number of aliphatic hydroxyl groups excluding tert-OH is 1. The van der Waals surface area contributed by atoms with Gasteiger partial charge in [-0.15, -0.1) is 0 Å². The zero-order chi connectivity index (χ0) is 32.0. The number of ether oxygens (including phenoxy) is 3. The minimum Gasteiger partial charge on any atom is -0.496 e. The van der Waals surface area contributed by atoms with E-state index in [4.69, 9.17) is 14.2 Å². The molecule has 246 valence electrons. The first-order valence-electron chi connectivity index (χ1n) is 14.9. The molecule has 0 amide bonds. The Hall–Kier alpha value is -2.30. The summed E-state index contributed by atoms with van der Waals surface area (Å²) in [7, 11) is -1.85. The summed E-state index contributed by atoms with van der Waals surface area (Å²) in [6.07, 6.45) is 1.77. The van der Waals surface area contributed by atoms with Crippen LogP contribution in [0.3, 0.4) is 0 Å². The Balaban J connectivity index is 1.20. The van der Waals surface area contributed by atoms with Crippen molar-refractivity contribution in [1.82, 2.24) is 19.2 Å². The molecular formula is C30H46N4O8S2. The first-order valence-corrected chi connectivity index (χ1v) is 17.8. The molecule has 0 aliphatic carbocycles. The van der Waals surface area contributed by atoms with Crippen LogP contribution in [0.15, 0.2) is 52.3 Å². The van der Waals surface area contributed by atoms with E-state index in [2.05, 4.69) is 10.0 Å². The normalized spacial score (nSPS) is 19.8. The van der Waals surface area contributed by atoms with Gasteiger partial charge in [-0.1, -0.05) is 6.07 Å². The van der Waals surface area contributed by atoms with Crippen LogP contribution in [-0.2, 0) is 24.8 Å². The van der Waals surface area contributed by atoms with E-state index in [0.717, 1.165) is 18.5 Å². The second kappa shape index (κ2) is 14.9. The van der Waals surface area contributed by atoms with Gasteiger partial charge in [-0.25, -0.2) is 21.6 Å². The molecule has 1 spiro atoms. The Morgan fingerprint density at radius 1 is 1.11 bits per heavy atom. The van der Waals surface area contributed by atoms with Gasteiger partial charge in [0, 0.05) is 38.3 Å². The highest BCUT2D eigenvalue weighted by Gasteiger charge is 2.44. The van der Waals surface area contributed by atoms with E-state index >= 15 is 0 Å². The number of hydrogen-bond acceptors (Lipinski definition) is 10. The lowest BCUT2D eigenvalue weighted by atomic mass is 9.88. The van der Waals surface area contributed by atoms with Gasteiger partial charge in [0.15, 0.2) is 0 Å². The molecule has 2 unspecified atom stereocenters. The van der Waals surface area contributed by atoms with Gasteiger partial charge in [-0.3, -0.25) is 0 Å². The van der Waals surface area contributed by atoms with Crippen LogP contribution in [0.25, 0.3) is 0 Å². The monoisotopic (exact) mass is 654 g/mol. The molecule has 2 atom stereocenters. The van der Waals surface area contributed by atoms with Crippen LogP contribution < -0.4 is 19.5 Å². The summed E-state index contributed by atoms with van der Waals surface area (Å²) in [5.41, 5.74) is 0.371. The standard InChI is InChI=1S/C30H46N4O8S2/c1-23-17-28(9-10-29(23)40-4)44(38,39)34-15-11-30(12-16-34)19-24(21-42-30)31-20-25(35)22-41-26-7-5-8-27(18-26)43(36,37)32-13-6-14-33(2)3/h5,7-10,17-18,24-25,31-32,35H,6,11-16,19-22H2,1-4H3. The van der Waals surface area contributed by atoms with Gasteiger partial charge in [-0.05, 0) is 89.1 Å². The molecule has 2 saturated heterocycles. The summed E-state index contributed by atoms with van der Waals surface area (Å²) < 4.78 is 73.0. The van der Waals surface area contributed by atoms with Crippen molar-refractivity contribution in [3.8, 4) is 11.5 Å². The van der Waals surface area contributed by atoms with E-state index < -0.39 is 31.8 Å². The van der Waals surface area contributed by atoms with Crippen molar-refractivity contribution in [3.05, 3.63) is 48.0 Å². The van der Waals surface area contributed by atoms with Crippen LogP contribution in [0, 0.1) is 6.92 Å². The van der Waals surface area contributed by atoms with Crippen molar-refractivity contribution in [3.63, 3.8) is 0 Å². The number of benzene rings is 2. The van der Waals surface area contributed by atoms with Crippen LogP contribution in [-0.4, -0.2) is 116 Å². The van der Waals surface area contributed by atoms with Crippen molar-refractivity contribution in [2.75, 3.05) is 67.1 Å². The molecule has 2 aliphatic rings. The summed E-state index contributed by atoms with van der Waals surface area (Å²) in [4.78, 5) is 2.36. The average molecular weight is 655 g/mol. The SMILES string of the molecule is COc1ccc(S(=O)(=O)N2CCC3(CC2)CC(NCC(O)COc2cccc(S(=O)(=O)NCCCN(C)C)c2)CO3)cc1C. The van der Waals surface area contributed by atoms with E-state index in [-0.39, 0.29) is 29.0 Å². The topological polar surface area (TPSA) is 147 Å². The number of sulfonamides is 2. The number of piperidine rings is 1. The smallest absolute Gasteiger partial charge is 0.243 e. The minimum atomic E-state index is -3.66. The molecule has 2 heterocycles. The van der Waals surface area contributed by atoms with E-state index in [1.165, 1.54) is 16.4 Å². The molecule has 12 nitrogen and oxygen atoms in total. The molecule has 2 aromatic rings. The predicted octanol–water partition coefficient (Wildman–Crippen LogP) is 1.58. The quantitative estimate of drug-likeness (QED) is 0.242. The molecule has 4 rings (SSSR count). The van der Waals surface area contributed by atoms with Crippen LogP contribution >= 0.6 is 0 Å². The van der Waals surface area contributed by atoms with Crippen molar-refractivity contribution >= 4 is 20.0 Å². The van der Waals surface area contributed by atoms with Crippen molar-refractivity contribution in [2.24, 2.45) is 0 Å². The minimum absolute atomic E-state index is 0.0108. The highest BCUT2D eigenvalue weighted by Crippen LogP contribution is 2.37. The van der Waals surface area contributed by atoms with Crippen LogP contribution in [0.2, 0.25) is 0 Å². The first kappa shape index (κ1) is 34.6. The summed E-state index contributed by atoms with van der Waals surface area (Å²) in [5.74, 6) is 1.00. The lowest BCUT2D eigenvalue weighted by Gasteiger charge is -2.38. The molecule has 14 heteroatoms. The maximum Gasteiger partial charge on any atom is 0.243 e. The lowest BCUT2D eigenvalue weighted by Crippen LogP contribution is -2.47. The number of aryl methyl sites for hydroxylation is 1. The third-order valence-electron chi connectivity index (χ3n) is 8.12. The lowest BCUT2D eigenvalue weighted by molar-refractivity contribution is -0.0312. The molecule has 0 saturated carbocycles. The Morgan fingerprint density at radius 2 is 1.86 bits per heavy atom. The number of rotatable bonds is 15. The van der Waals surface area contributed by atoms with E-state index in [0.29, 0.717) is 57.0 Å². The van der Waals surface area contributed by atoms with Crippen molar-refractivity contribution < 1.29 is 36.2 Å². The zero-order valence-electron chi connectivity index (χ0n) is 26.0. The molecule has 2 aliphatic heterocycles. The van der Waals surface area contributed by atoms with Crippen LogP contribution in [0.1, 0.15) is 31.2 Å². The van der Waals surface area contributed by atoms with Crippen molar-refractivity contribution in [2.45, 2.75) is 60.1 Å². The summed E-state index contributed by atoms with van der Waals surface area (Å²) >= 11 is 0. The number of nitrogens with zero attached hydrogens (tertiary/aromatic N) is 2. The largest absolute Gasteiger partial charge is 0.496 e. The molecule has 44 heavy (non-hydrogen) atoms. The Kier molecular flexibility index (Phi) is 11.7. The van der Waals surface area contributed by atoms with E-state index in [1.54, 1.807) is 37.4 Å². The summed E-state index contributed by atoms with van der Waals surface area (Å²) in [5, 5.41) is 13.9. The molecule has 2 aromatic carbocycles. The Bertz CT molecular complexity index is 1460. The van der Waals surface area contributed by atoms with Gasteiger partial charge in [0.05, 0.1) is 29.1 Å². The molecule has 0 bridgehead atoms. The Morgan fingerprint density at radius 3 is 2.55 bits per heavy atom. The second-order valence-electron chi connectivity index (χ2n) is 11.8. The van der Waals surface area contributed by atoms with Gasteiger partial charge in [0.1, 0.15) is 24.2 Å². The van der Waals surface area contributed by atoms with E-state index in [1.807, 2.05) is 25.9 Å². The number of aliphatic hydroxyl groups is 1. The Labute approximate surface area is 261 Å². The highest BCUT2D eigenvalue weighted by atomic mass is 32.2. The van der Waals surface area contributed by atoms with Crippen LogP contribution in [0.5, 0.6) is 11.5 Å². The maximum atomic E-state index is 13.2. The van der Waals surface area contributed by atoms with Crippen LogP contribution in [0.4, 0.5) is 0 Å². The zero-order valence-corrected chi connectivity index (χ0v) is 27.6. The van der Waals surface area contributed by atoms with Gasteiger partial charge in [0.25, 0.3) is 0 Å². The number of nitrogens with one attached hydrogen (secondary N) is 2. The van der Waals surface area contributed by atoms with Gasteiger partial charge < -0.3 is 29.5 Å². The fourth-order valence-electron chi connectivity index (χ4n) is 5.59. The predicted molar refractivity (Wildman–Crippen MR) is 167 cm³/mol. The van der Waals surface area contributed by atoms with Gasteiger partial charge in [0.2, 0.25) is 20.0 Å². The molecule has 0 radical (unpaired) electrons. The van der Waals surface area contributed by atoms with Gasteiger partial charge in [-0.2, -0.15) is 4.31 Å². The first-order chi connectivity index (χ1) is 20.8. The van der Waals surface area contributed by atoms with Gasteiger partial charge >= 0.3 is 0 Å².